The molecule has 0 spiro atoms. The van der Waals surface area contributed by atoms with Gasteiger partial charge in [-0.3, -0.25) is 4.79 Å². The zero-order chi connectivity index (χ0) is 9.84. The number of carbonyl (C=O) groups excluding carboxylic acids is 1. The van der Waals surface area contributed by atoms with Gasteiger partial charge in [0, 0.05) is 10.9 Å². The summed E-state index contributed by atoms with van der Waals surface area (Å²) in [5.74, 6) is 0. The maximum atomic E-state index is 11.2. The van der Waals surface area contributed by atoms with Crippen molar-refractivity contribution >= 4 is 29.9 Å². The van der Waals surface area contributed by atoms with Crippen molar-refractivity contribution in [2.45, 2.75) is 0 Å². The average molecular weight is 219 g/mol. The molecule has 1 aromatic rings. The van der Waals surface area contributed by atoms with E-state index in [1.54, 1.807) is 12.1 Å². The molecule has 0 aliphatic heterocycles. The fraction of sp³-hybridized carbons (Fsp3) is 0.125. The van der Waals surface area contributed by atoms with Crippen LogP contribution in [0.2, 0.25) is 0 Å². The summed E-state index contributed by atoms with van der Waals surface area (Å²) >= 11 is 5.23. The third-order valence-electron chi connectivity index (χ3n) is 1.56. The van der Waals surface area contributed by atoms with Gasteiger partial charge in [-0.1, -0.05) is 18.2 Å². The van der Waals surface area contributed by atoms with Crippen molar-refractivity contribution < 1.29 is 14.5 Å². The van der Waals surface area contributed by atoms with Crippen LogP contribution in [0.15, 0.2) is 24.3 Å². The second kappa shape index (κ2) is 4.56. The average Bonchev–Trinajstić information content (AvgIpc) is 2.17. The third kappa shape index (κ3) is 2.66. The molecule has 0 radical (unpaired) electrons. The highest BCUT2D eigenvalue weighted by Crippen LogP contribution is 2.18. The van der Waals surface area contributed by atoms with E-state index < -0.39 is 13.0 Å². The van der Waals surface area contributed by atoms with Gasteiger partial charge in [-0.15, -0.1) is 0 Å². The van der Waals surface area contributed by atoms with Crippen molar-refractivity contribution in [1.29, 1.82) is 0 Å². The lowest BCUT2D eigenvalue weighted by molar-refractivity contribution is 0.108. The maximum absolute atomic E-state index is 11.2. The maximum Gasteiger partial charge on any atom is 0.252 e. The molecule has 1 rings (SSSR count). The second-order valence-electron chi connectivity index (χ2n) is 2.44. The molecule has 5 heteroatoms. The zero-order valence-corrected chi connectivity index (χ0v) is 8.41. The summed E-state index contributed by atoms with van der Waals surface area (Å²) in [4.78, 5) is 10.7. The highest BCUT2D eigenvalue weighted by atomic mass is 35.5. The second-order valence-corrected chi connectivity index (χ2v) is 4.52. The Morgan fingerprint density at radius 3 is 2.77 bits per heavy atom. The van der Waals surface area contributed by atoms with Crippen LogP contribution in [0.1, 0.15) is 10.4 Å². The van der Waals surface area contributed by atoms with E-state index >= 15 is 0 Å². The summed E-state index contributed by atoms with van der Waals surface area (Å²) in [6.07, 6.45) is -0.384. The quantitative estimate of drug-likeness (QED) is 0.613. The lowest BCUT2D eigenvalue weighted by Gasteiger charge is -1.99. The Morgan fingerprint density at radius 2 is 2.23 bits per heavy atom. The molecule has 1 N–H and O–H groups in total. The molecular weight excluding hydrogens is 211 g/mol. The Balaban J connectivity index is 3.05. The van der Waals surface area contributed by atoms with E-state index in [4.69, 9.17) is 16.7 Å². The summed E-state index contributed by atoms with van der Waals surface area (Å²) in [7, 11) is -2.17. The van der Waals surface area contributed by atoms with E-state index in [-0.39, 0.29) is 6.35 Å². The zero-order valence-electron chi connectivity index (χ0n) is 6.66. The van der Waals surface area contributed by atoms with Gasteiger partial charge in [-0.2, -0.15) is 0 Å². The first-order valence-corrected chi connectivity index (χ1v) is 5.58. The largest absolute Gasteiger partial charge is 0.389 e. The Kier molecular flexibility index (Phi) is 3.67. The number of rotatable bonds is 3. The Labute approximate surface area is 81.1 Å². The Morgan fingerprint density at radius 1 is 1.54 bits per heavy atom. The molecule has 0 aliphatic carbocycles. The van der Waals surface area contributed by atoms with Gasteiger partial charge in [0.2, 0.25) is 0 Å². The predicted molar refractivity (Wildman–Crippen MR) is 52.3 cm³/mol. The van der Waals surface area contributed by atoms with Gasteiger partial charge in [0.15, 0.2) is 0 Å². The number of aliphatic hydroxyl groups is 1. The number of hydrogen-bond acceptors (Lipinski definition) is 3. The van der Waals surface area contributed by atoms with E-state index in [2.05, 4.69) is 0 Å². The Bertz CT molecular complexity index is 351. The van der Waals surface area contributed by atoms with Gasteiger partial charge in [-0.25, -0.2) is 0 Å². The minimum absolute atomic E-state index is 0.297. The molecule has 0 aliphatic rings. The van der Waals surface area contributed by atoms with Crippen LogP contribution in [0.25, 0.3) is 0 Å². The summed E-state index contributed by atoms with van der Waals surface area (Å²) in [6.45, 7) is 0. The van der Waals surface area contributed by atoms with Crippen LogP contribution in [-0.4, -0.2) is 16.7 Å². The smallest absolute Gasteiger partial charge is 0.252 e. The van der Waals surface area contributed by atoms with E-state index in [0.29, 0.717) is 10.9 Å². The van der Waals surface area contributed by atoms with Gasteiger partial charge >= 0.3 is 0 Å². The molecule has 0 heterocycles. The van der Waals surface area contributed by atoms with E-state index in [1.807, 2.05) is 0 Å². The molecule has 0 saturated heterocycles. The van der Waals surface area contributed by atoms with Gasteiger partial charge in [-0.05, 0) is 17.7 Å². The summed E-state index contributed by atoms with van der Waals surface area (Å²) in [5, 5.41) is 8.52. The standard InChI is InChI=1S/C8H8ClO3P/c9-8(11)6-2-1-3-7(4-6)13(12)5-10/h1-4,10,13H,5H2. The van der Waals surface area contributed by atoms with E-state index in [1.165, 1.54) is 12.1 Å². The summed E-state index contributed by atoms with van der Waals surface area (Å²) in [5.41, 5.74) is 0.297. The number of benzene rings is 1. The van der Waals surface area contributed by atoms with E-state index in [9.17, 15) is 9.36 Å². The van der Waals surface area contributed by atoms with Gasteiger partial charge < -0.3 is 9.67 Å². The monoisotopic (exact) mass is 218 g/mol. The van der Waals surface area contributed by atoms with Crippen LogP contribution >= 0.6 is 19.4 Å². The minimum Gasteiger partial charge on any atom is -0.389 e. The normalized spacial score (nSPS) is 12.5. The lowest BCUT2D eigenvalue weighted by Crippen LogP contribution is -2.01. The first-order valence-electron chi connectivity index (χ1n) is 3.59. The molecule has 0 amide bonds. The first kappa shape index (κ1) is 10.5. The molecule has 0 bridgehead atoms. The molecule has 0 saturated carbocycles. The van der Waals surface area contributed by atoms with Crippen LogP contribution in [0.3, 0.4) is 0 Å². The highest BCUT2D eigenvalue weighted by Gasteiger charge is 2.05. The first-order chi connectivity index (χ1) is 6.15. The lowest BCUT2D eigenvalue weighted by atomic mass is 10.2. The van der Waals surface area contributed by atoms with Crippen LogP contribution in [0.5, 0.6) is 0 Å². The molecular formula is C8H8ClO3P. The topological polar surface area (TPSA) is 54.4 Å². The van der Waals surface area contributed by atoms with Gasteiger partial charge in [0.05, 0.1) is 6.35 Å². The van der Waals surface area contributed by atoms with Gasteiger partial charge in [0.1, 0.15) is 7.80 Å². The summed E-state index contributed by atoms with van der Waals surface area (Å²) in [6, 6.07) is 6.15. The van der Waals surface area contributed by atoms with Crippen molar-refractivity contribution in [1.82, 2.24) is 0 Å². The number of hydrogen-bond donors (Lipinski definition) is 1. The van der Waals surface area contributed by atoms with Crippen LogP contribution in [-0.2, 0) is 4.57 Å². The SMILES string of the molecule is O=C(Cl)c1cccc([PH](=O)CO)c1. The Hall–Kier alpha value is -0.630. The third-order valence-corrected chi connectivity index (χ3v) is 3.02. The predicted octanol–water partition coefficient (Wildman–Crippen LogP) is 1.20. The van der Waals surface area contributed by atoms with E-state index in [0.717, 1.165) is 0 Å². The number of halogens is 1. The summed E-state index contributed by atoms with van der Waals surface area (Å²) < 4.78 is 11.2. The molecule has 1 unspecified atom stereocenters. The molecule has 3 nitrogen and oxygen atoms in total. The van der Waals surface area contributed by atoms with Crippen LogP contribution < -0.4 is 5.30 Å². The van der Waals surface area contributed by atoms with Crippen LogP contribution in [0.4, 0.5) is 0 Å². The van der Waals surface area contributed by atoms with Crippen LogP contribution in [0, 0.1) is 0 Å². The van der Waals surface area contributed by atoms with Crippen molar-refractivity contribution in [3.05, 3.63) is 29.8 Å². The van der Waals surface area contributed by atoms with Crippen molar-refractivity contribution in [3.63, 3.8) is 0 Å². The van der Waals surface area contributed by atoms with Gasteiger partial charge in [0.25, 0.3) is 5.24 Å². The fourth-order valence-corrected chi connectivity index (χ4v) is 1.80. The molecule has 1 aromatic carbocycles. The highest BCUT2D eigenvalue weighted by molar-refractivity contribution is 7.53. The number of carbonyl (C=O) groups is 1. The fourth-order valence-electron chi connectivity index (χ4n) is 0.906. The molecule has 13 heavy (non-hydrogen) atoms. The molecule has 0 fully saturated rings. The molecule has 0 aromatic heterocycles. The molecule has 1 atom stereocenters. The minimum atomic E-state index is -2.17. The van der Waals surface area contributed by atoms with Crippen molar-refractivity contribution in [2.24, 2.45) is 0 Å². The van der Waals surface area contributed by atoms with Crippen molar-refractivity contribution in [2.75, 3.05) is 6.35 Å². The van der Waals surface area contributed by atoms with Crippen molar-refractivity contribution in [3.8, 4) is 0 Å². The molecule has 70 valence electrons. The number of aliphatic hydroxyl groups excluding tert-OH is 1.